The third-order valence-corrected chi connectivity index (χ3v) is 2.10. The molecule has 0 aliphatic rings. The van der Waals surface area contributed by atoms with Crippen molar-refractivity contribution in [2.24, 2.45) is 4.99 Å². The number of rotatable bonds is 4. The smallest absolute Gasteiger partial charge is 0.191 e. The Kier molecular flexibility index (Phi) is 5.46. The number of benzene rings is 1. The Morgan fingerprint density at radius 3 is 2.47 bits per heavy atom. The van der Waals surface area contributed by atoms with E-state index < -0.39 is 0 Å². The summed E-state index contributed by atoms with van der Waals surface area (Å²) in [7, 11) is 0. The Bertz CT molecular complexity index is 357. The Hall–Kier alpha value is -1.58. The van der Waals surface area contributed by atoms with Gasteiger partial charge in [-0.3, -0.25) is 0 Å². The molecule has 0 saturated heterocycles. The second-order valence-corrected chi connectivity index (χ2v) is 4.12. The van der Waals surface area contributed by atoms with Crippen LogP contribution >= 0.6 is 0 Å². The Morgan fingerprint density at radius 1 is 1.29 bits per heavy atom. The summed E-state index contributed by atoms with van der Waals surface area (Å²) >= 11 is 0. The molecular weight excluding hydrogens is 217 g/mol. The van der Waals surface area contributed by atoms with E-state index in [0.717, 1.165) is 18.1 Å². The maximum atomic E-state index is 12.7. The van der Waals surface area contributed by atoms with Crippen molar-refractivity contribution in [2.75, 3.05) is 6.54 Å². The first-order valence-electron chi connectivity index (χ1n) is 5.91. The zero-order valence-electron chi connectivity index (χ0n) is 10.6. The standard InChI is InChI=1S/C13H20FN3/c1-4-15-13(17-10(2)3)16-9-11-5-7-12(14)8-6-11/h5-8,10H,4,9H2,1-3H3,(H2,15,16,17). The summed E-state index contributed by atoms with van der Waals surface area (Å²) in [6.45, 7) is 7.51. The van der Waals surface area contributed by atoms with E-state index in [1.54, 1.807) is 12.1 Å². The van der Waals surface area contributed by atoms with E-state index in [1.165, 1.54) is 12.1 Å². The summed E-state index contributed by atoms with van der Waals surface area (Å²) in [5.41, 5.74) is 0.993. The zero-order valence-corrected chi connectivity index (χ0v) is 10.6. The highest BCUT2D eigenvalue weighted by atomic mass is 19.1. The van der Waals surface area contributed by atoms with Crippen LogP contribution in [0.25, 0.3) is 0 Å². The van der Waals surface area contributed by atoms with E-state index >= 15 is 0 Å². The topological polar surface area (TPSA) is 36.4 Å². The van der Waals surface area contributed by atoms with E-state index in [0.29, 0.717) is 12.6 Å². The van der Waals surface area contributed by atoms with E-state index in [1.807, 2.05) is 6.92 Å². The van der Waals surface area contributed by atoms with E-state index in [9.17, 15) is 4.39 Å². The number of hydrogen-bond acceptors (Lipinski definition) is 1. The van der Waals surface area contributed by atoms with Crippen LogP contribution in [0.2, 0.25) is 0 Å². The molecule has 0 aliphatic carbocycles. The largest absolute Gasteiger partial charge is 0.357 e. The predicted molar refractivity (Wildman–Crippen MR) is 69.5 cm³/mol. The van der Waals surface area contributed by atoms with Gasteiger partial charge in [-0.15, -0.1) is 0 Å². The SMILES string of the molecule is CCNC(=NCc1ccc(F)cc1)NC(C)C. The van der Waals surface area contributed by atoms with Crippen LogP contribution in [0.15, 0.2) is 29.3 Å². The Morgan fingerprint density at radius 2 is 1.94 bits per heavy atom. The fraction of sp³-hybridized carbons (Fsp3) is 0.462. The zero-order chi connectivity index (χ0) is 12.7. The first kappa shape index (κ1) is 13.5. The molecule has 0 heterocycles. The molecule has 3 nitrogen and oxygen atoms in total. The molecule has 0 amide bonds. The fourth-order valence-electron chi connectivity index (χ4n) is 1.35. The average molecular weight is 237 g/mol. The minimum Gasteiger partial charge on any atom is -0.357 e. The highest BCUT2D eigenvalue weighted by molar-refractivity contribution is 5.79. The molecule has 17 heavy (non-hydrogen) atoms. The molecule has 0 spiro atoms. The highest BCUT2D eigenvalue weighted by Gasteiger charge is 1.99. The van der Waals surface area contributed by atoms with E-state index in [2.05, 4.69) is 29.5 Å². The number of nitrogens with zero attached hydrogens (tertiary/aromatic N) is 1. The van der Waals surface area contributed by atoms with Gasteiger partial charge >= 0.3 is 0 Å². The maximum Gasteiger partial charge on any atom is 0.191 e. The second-order valence-electron chi connectivity index (χ2n) is 4.12. The number of aliphatic imine (C=N–C) groups is 1. The second kappa shape index (κ2) is 6.89. The molecule has 0 atom stereocenters. The van der Waals surface area contributed by atoms with Crippen molar-refractivity contribution >= 4 is 5.96 Å². The normalized spacial score (nSPS) is 11.7. The van der Waals surface area contributed by atoms with Crippen LogP contribution in [0, 0.1) is 5.82 Å². The van der Waals surface area contributed by atoms with Gasteiger partial charge in [0.05, 0.1) is 6.54 Å². The summed E-state index contributed by atoms with van der Waals surface area (Å²) < 4.78 is 12.7. The van der Waals surface area contributed by atoms with Gasteiger partial charge in [0, 0.05) is 12.6 Å². The van der Waals surface area contributed by atoms with Crippen LogP contribution in [0.3, 0.4) is 0 Å². The van der Waals surface area contributed by atoms with Crippen LogP contribution in [-0.4, -0.2) is 18.5 Å². The molecule has 0 saturated carbocycles. The molecule has 1 aromatic carbocycles. The van der Waals surface area contributed by atoms with E-state index in [-0.39, 0.29) is 5.82 Å². The van der Waals surface area contributed by atoms with Crippen molar-refractivity contribution in [3.8, 4) is 0 Å². The summed E-state index contributed by atoms with van der Waals surface area (Å²) in [5, 5.41) is 6.39. The van der Waals surface area contributed by atoms with Gasteiger partial charge in [-0.25, -0.2) is 9.38 Å². The van der Waals surface area contributed by atoms with Gasteiger partial charge in [-0.1, -0.05) is 12.1 Å². The molecule has 94 valence electrons. The van der Waals surface area contributed by atoms with Gasteiger partial charge in [0.1, 0.15) is 5.82 Å². The first-order chi connectivity index (χ1) is 8.11. The predicted octanol–water partition coefficient (Wildman–Crippen LogP) is 2.29. The minimum absolute atomic E-state index is 0.218. The Labute approximate surface area is 102 Å². The molecule has 2 N–H and O–H groups in total. The molecule has 0 unspecified atom stereocenters. The lowest BCUT2D eigenvalue weighted by atomic mass is 10.2. The van der Waals surface area contributed by atoms with Crippen molar-refractivity contribution < 1.29 is 4.39 Å². The van der Waals surface area contributed by atoms with Crippen molar-refractivity contribution in [3.05, 3.63) is 35.6 Å². The van der Waals surface area contributed by atoms with Gasteiger partial charge in [0.15, 0.2) is 5.96 Å². The first-order valence-corrected chi connectivity index (χ1v) is 5.91. The van der Waals surface area contributed by atoms with Crippen LogP contribution in [-0.2, 0) is 6.54 Å². The molecule has 1 rings (SSSR count). The van der Waals surface area contributed by atoms with Crippen LogP contribution in [0.4, 0.5) is 4.39 Å². The summed E-state index contributed by atoms with van der Waals surface area (Å²) in [6, 6.07) is 6.73. The molecule has 0 bridgehead atoms. The highest BCUT2D eigenvalue weighted by Crippen LogP contribution is 2.03. The molecule has 0 fully saturated rings. The third-order valence-electron chi connectivity index (χ3n) is 2.10. The average Bonchev–Trinajstić information content (AvgIpc) is 2.27. The third kappa shape index (κ3) is 5.33. The fourth-order valence-corrected chi connectivity index (χ4v) is 1.35. The molecule has 0 aliphatic heterocycles. The summed E-state index contributed by atoms with van der Waals surface area (Å²) in [6.07, 6.45) is 0. The number of halogens is 1. The van der Waals surface area contributed by atoms with Gasteiger partial charge in [0.25, 0.3) is 0 Å². The monoisotopic (exact) mass is 237 g/mol. The van der Waals surface area contributed by atoms with Crippen molar-refractivity contribution in [2.45, 2.75) is 33.4 Å². The molecular formula is C13H20FN3. The lowest BCUT2D eigenvalue weighted by Gasteiger charge is -2.13. The quantitative estimate of drug-likeness (QED) is 0.622. The number of hydrogen-bond donors (Lipinski definition) is 2. The lowest BCUT2D eigenvalue weighted by Crippen LogP contribution is -2.40. The van der Waals surface area contributed by atoms with Crippen molar-refractivity contribution in [3.63, 3.8) is 0 Å². The molecule has 0 aromatic heterocycles. The van der Waals surface area contributed by atoms with E-state index in [4.69, 9.17) is 0 Å². The van der Waals surface area contributed by atoms with Crippen molar-refractivity contribution in [1.82, 2.24) is 10.6 Å². The molecule has 1 aromatic rings. The van der Waals surface area contributed by atoms with Gasteiger partial charge < -0.3 is 10.6 Å². The molecule has 4 heteroatoms. The molecule has 0 radical (unpaired) electrons. The number of nitrogens with one attached hydrogen (secondary N) is 2. The van der Waals surface area contributed by atoms with Gasteiger partial charge in [-0.2, -0.15) is 0 Å². The lowest BCUT2D eigenvalue weighted by molar-refractivity contribution is 0.627. The van der Waals surface area contributed by atoms with Crippen LogP contribution < -0.4 is 10.6 Å². The van der Waals surface area contributed by atoms with Crippen LogP contribution in [0.1, 0.15) is 26.3 Å². The van der Waals surface area contributed by atoms with Gasteiger partial charge in [-0.05, 0) is 38.5 Å². The number of guanidine groups is 1. The van der Waals surface area contributed by atoms with Crippen LogP contribution in [0.5, 0.6) is 0 Å². The summed E-state index contributed by atoms with van der Waals surface area (Å²) in [4.78, 5) is 4.43. The van der Waals surface area contributed by atoms with Gasteiger partial charge in [0.2, 0.25) is 0 Å². The Balaban J connectivity index is 2.61. The maximum absolute atomic E-state index is 12.7. The summed E-state index contributed by atoms with van der Waals surface area (Å²) in [5.74, 6) is 0.566. The van der Waals surface area contributed by atoms with Crippen molar-refractivity contribution in [1.29, 1.82) is 0 Å². The minimum atomic E-state index is -0.218.